The van der Waals surface area contributed by atoms with E-state index < -0.39 is 5.97 Å². The van der Waals surface area contributed by atoms with Crippen LogP contribution in [-0.2, 0) is 11.2 Å². The second-order valence-electron chi connectivity index (χ2n) is 7.45. The van der Waals surface area contributed by atoms with Crippen LogP contribution in [-0.4, -0.2) is 46.6 Å². The Balaban J connectivity index is 0.000000270. The molecule has 3 aromatic rings. The van der Waals surface area contributed by atoms with E-state index in [0.717, 1.165) is 30.4 Å². The molecular formula is C27H31NO6. The largest absolute Gasteiger partial charge is 0.504 e. The van der Waals surface area contributed by atoms with Gasteiger partial charge >= 0.3 is 5.97 Å². The number of phenols is 2. The third-order valence-electron chi connectivity index (χ3n) is 4.85. The lowest BCUT2D eigenvalue weighted by Crippen LogP contribution is -2.16. The topological polar surface area (TPSA) is 119 Å². The normalized spacial score (nSPS) is 11.5. The average molecular weight is 466 g/mol. The SMILES string of the molecule is CNCCC(Oc1ccc(CCO)cc1)c1ccccc1.O=C(O)/C=C/c1ccc(O)c(O)c1. The van der Waals surface area contributed by atoms with Gasteiger partial charge in [-0.05, 0) is 67.0 Å². The van der Waals surface area contributed by atoms with Crippen molar-refractivity contribution in [1.82, 2.24) is 5.32 Å². The van der Waals surface area contributed by atoms with Crippen molar-refractivity contribution >= 4 is 12.0 Å². The number of aliphatic hydroxyl groups is 1. The number of carboxylic acids is 1. The lowest BCUT2D eigenvalue weighted by molar-refractivity contribution is -0.131. The summed E-state index contributed by atoms with van der Waals surface area (Å²) < 4.78 is 6.13. The van der Waals surface area contributed by atoms with Crippen LogP contribution in [0.5, 0.6) is 17.2 Å². The van der Waals surface area contributed by atoms with Crippen molar-refractivity contribution < 1.29 is 30.0 Å². The van der Waals surface area contributed by atoms with Crippen molar-refractivity contribution in [3.8, 4) is 17.2 Å². The van der Waals surface area contributed by atoms with Gasteiger partial charge in [-0.25, -0.2) is 4.79 Å². The fourth-order valence-corrected chi connectivity index (χ4v) is 3.08. The van der Waals surface area contributed by atoms with Crippen molar-refractivity contribution in [3.63, 3.8) is 0 Å². The number of hydrogen-bond acceptors (Lipinski definition) is 6. The number of aromatic hydroxyl groups is 2. The second kappa shape index (κ2) is 14.4. The molecule has 0 bridgehead atoms. The highest BCUT2D eigenvalue weighted by molar-refractivity contribution is 5.85. The molecule has 0 aliphatic heterocycles. The summed E-state index contributed by atoms with van der Waals surface area (Å²) in [4.78, 5) is 10.1. The minimum Gasteiger partial charge on any atom is -0.504 e. The Kier molecular flexibility index (Phi) is 11.2. The summed E-state index contributed by atoms with van der Waals surface area (Å²) in [5, 5.41) is 38.4. The number of nitrogens with one attached hydrogen (secondary N) is 1. The minimum absolute atomic E-state index is 0.0438. The molecule has 1 atom stereocenters. The van der Waals surface area contributed by atoms with Crippen LogP contribution < -0.4 is 10.1 Å². The Morgan fingerprint density at radius 2 is 1.71 bits per heavy atom. The van der Waals surface area contributed by atoms with Gasteiger partial charge < -0.3 is 30.5 Å². The number of ether oxygens (including phenoxy) is 1. The highest BCUT2D eigenvalue weighted by Gasteiger charge is 2.12. The molecule has 0 saturated carbocycles. The molecule has 0 heterocycles. The number of benzene rings is 3. The van der Waals surface area contributed by atoms with Gasteiger partial charge in [0.1, 0.15) is 11.9 Å². The Labute approximate surface area is 199 Å². The van der Waals surface area contributed by atoms with Crippen LogP contribution in [0.4, 0.5) is 0 Å². The van der Waals surface area contributed by atoms with Crippen LogP contribution >= 0.6 is 0 Å². The number of aliphatic carboxylic acids is 1. The van der Waals surface area contributed by atoms with E-state index in [9.17, 15) is 4.79 Å². The van der Waals surface area contributed by atoms with Gasteiger partial charge in [0, 0.05) is 19.1 Å². The molecule has 1 unspecified atom stereocenters. The molecule has 0 aliphatic carbocycles. The van der Waals surface area contributed by atoms with Gasteiger partial charge in [0.2, 0.25) is 0 Å². The quantitative estimate of drug-likeness (QED) is 0.225. The maximum absolute atomic E-state index is 10.1. The molecule has 3 rings (SSSR count). The molecule has 5 N–H and O–H groups in total. The number of rotatable bonds is 10. The molecule has 0 amide bonds. The van der Waals surface area contributed by atoms with Gasteiger partial charge in [0.25, 0.3) is 0 Å². The first-order valence-corrected chi connectivity index (χ1v) is 10.9. The molecule has 0 saturated heterocycles. The van der Waals surface area contributed by atoms with E-state index in [1.54, 1.807) is 0 Å². The molecule has 7 heteroatoms. The van der Waals surface area contributed by atoms with Gasteiger partial charge in [-0.15, -0.1) is 0 Å². The van der Waals surface area contributed by atoms with Gasteiger partial charge in [0.05, 0.1) is 0 Å². The number of carboxylic acid groups (broad SMARTS) is 1. The van der Waals surface area contributed by atoms with E-state index in [2.05, 4.69) is 17.4 Å². The summed E-state index contributed by atoms with van der Waals surface area (Å²) in [6, 6.07) is 22.3. The van der Waals surface area contributed by atoms with Crippen molar-refractivity contribution in [2.24, 2.45) is 0 Å². The molecule has 0 aliphatic rings. The average Bonchev–Trinajstić information content (AvgIpc) is 2.84. The van der Waals surface area contributed by atoms with Gasteiger partial charge in [-0.2, -0.15) is 0 Å². The molecule has 0 spiro atoms. The minimum atomic E-state index is -1.06. The van der Waals surface area contributed by atoms with Crippen LogP contribution in [0.3, 0.4) is 0 Å². The van der Waals surface area contributed by atoms with Crippen LogP contribution in [0.25, 0.3) is 6.08 Å². The zero-order valence-electron chi connectivity index (χ0n) is 19.1. The first-order chi connectivity index (χ1) is 16.4. The van der Waals surface area contributed by atoms with Crippen molar-refractivity contribution in [3.05, 3.63) is 95.6 Å². The number of carbonyl (C=O) groups is 1. The van der Waals surface area contributed by atoms with Crippen LogP contribution in [0, 0.1) is 0 Å². The molecule has 0 fully saturated rings. The Morgan fingerprint density at radius 3 is 2.29 bits per heavy atom. The third kappa shape index (κ3) is 9.36. The summed E-state index contributed by atoms with van der Waals surface area (Å²) in [7, 11) is 1.95. The fourth-order valence-electron chi connectivity index (χ4n) is 3.08. The molecule has 7 nitrogen and oxygen atoms in total. The number of aliphatic hydroxyl groups excluding tert-OH is 1. The number of hydrogen-bond donors (Lipinski definition) is 5. The van der Waals surface area contributed by atoms with Crippen LogP contribution in [0.1, 0.15) is 29.2 Å². The van der Waals surface area contributed by atoms with E-state index >= 15 is 0 Å². The smallest absolute Gasteiger partial charge is 0.328 e. The Hall–Kier alpha value is -3.81. The summed E-state index contributed by atoms with van der Waals surface area (Å²) in [5.74, 6) is -0.700. The second-order valence-corrected chi connectivity index (χ2v) is 7.45. The lowest BCUT2D eigenvalue weighted by Gasteiger charge is -2.20. The van der Waals surface area contributed by atoms with E-state index in [4.69, 9.17) is 25.2 Å². The molecule has 180 valence electrons. The molecule has 3 aromatic carbocycles. The predicted octanol–water partition coefficient (Wildman–Crippen LogP) is 4.15. The first-order valence-electron chi connectivity index (χ1n) is 10.9. The maximum Gasteiger partial charge on any atom is 0.328 e. The zero-order valence-corrected chi connectivity index (χ0v) is 19.1. The highest BCUT2D eigenvalue weighted by atomic mass is 16.5. The monoisotopic (exact) mass is 465 g/mol. The maximum atomic E-state index is 10.1. The lowest BCUT2D eigenvalue weighted by atomic mass is 10.1. The van der Waals surface area contributed by atoms with E-state index in [-0.39, 0.29) is 24.2 Å². The van der Waals surface area contributed by atoms with E-state index in [1.165, 1.54) is 29.8 Å². The van der Waals surface area contributed by atoms with Gasteiger partial charge in [-0.3, -0.25) is 0 Å². The summed E-state index contributed by atoms with van der Waals surface area (Å²) in [6.45, 7) is 1.08. The van der Waals surface area contributed by atoms with Crippen LogP contribution in [0.15, 0.2) is 78.9 Å². The van der Waals surface area contributed by atoms with Crippen LogP contribution in [0.2, 0.25) is 0 Å². The molecule has 34 heavy (non-hydrogen) atoms. The van der Waals surface area contributed by atoms with Crippen molar-refractivity contribution in [2.75, 3.05) is 20.2 Å². The van der Waals surface area contributed by atoms with E-state index in [0.29, 0.717) is 12.0 Å². The van der Waals surface area contributed by atoms with Crippen molar-refractivity contribution in [2.45, 2.75) is 18.9 Å². The highest BCUT2D eigenvalue weighted by Crippen LogP contribution is 2.26. The van der Waals surface area contributed by atoms with Gasteiger partial charge in [0.15, 0.2) is 11.5 Å². The standard InChI is InChI=1S/C18H23NO2.C9H8O4/c1-19-13-11-18(16-5-3-2-4-6-16)21-17-9-7-15(8-10-17)12-14-20;10-7-3-1-6(5-8(7)11)2-4-9(12)13/h2-10,18-20H,11-14H2,1H3;1-5,10-11H,(H,12,13)/b;4-2+. The summed E-state index contributed by atoms with van der Waals surface area (Å²) in [5.41, 5.74) is 2.82. The molecule has 0 radical (unpaired) electrons. The third-order valence-corrected chi connectivity index (χ3v) is 4.85. The Morgan fingerprint density at radius 1 is 1.00 bits per heavy atom. The van der Waals surface area contributed by atoms with E-state index in [1.807, 2.05) is 49.5 Å². The molecule has 0 aromatic heterocycles. The summed E-state index contributed by atoms with van der Waals surface area (Å²) in [6.07, 6.45) is 3.91. The Bertz CT molecular complexity index is 1030. The zero-order chi connectivity index (χ0) is 24.8. The summed E-state index contributed by atoms with van der Waals surface area (Å²) >= 11 is 0. The number of phenolic OH excluding ortho intramolecular Hbond substituents is 2. The first kappa shape index (κ1) is 26.4. The fraction of sp³-hybridized carbons (Fsp3) is 0.222. The van der Waals surface area contributed by atoms with Crippen molar-refractivity contribution in [1.29, 1.82) is 0 Å². The molecular weight excluding hydrogens is 434 g/mol. The predicted molar refractivity (Wildman–Crippen MR) is 132 cm³/mol. The van der Waals surface area contributed by atoms with Gasteiger partial charge in [-0.1, -0.05) is 48.5 Å².